The van der Waals surface area contributed by atoms with Crippen molar-refractivity contribution in [1.29, 1.82) is 0 Å². The molecule has 1 aliphatic carbocycles. The molecule has 4 aromatic carbocycles. The number of aromatic nitrogens is 1. The monoisotopic (exact) mass is 477 g/mol. The van der Waals surface area contributed by atoms with E-state index in [1.165, 1.54) is 41.5 Å². The minimum Gasteiger partial charge on any atom is -0.355 e. The molecule has 0 saturated carbocycles. The molecule has 1 nitrogen and oxygen atoms in total. The summed E-state index contributed by atoms with van der Waals surface area (Å²) in [5.41, 5.74) is 3.79. The fourth-order valence-corrected chi connectivity index (χ4v) is 3.86. The van der Waals surface area contributed by atoms with Gasteiger partial charge >= 0.3 is 41.3 Å². The molecule has 1 aromatic heterocycles. The fraction of sp³-hybridized carbons (Fsp3) is 0.103. The molecule has 5 aromatic rings. The van der Waals surface area contributed by atoms with Crippen LogP contribution in [0.15, 0.2) is 103 Å². The maximum atomic E-state index is 2.99. The van der Waals surface area contributed by atoms with Gasteiger partial charge in [0.2, 0.25) is 0 Å². The number of hydrogen-bond donors (Lipinski definition) is 0. The topological polar surface area (TPSA) is 4.93 Å². The van der Waals surface area contributed by atoms with Crippen LogP contribution < -0.4 is 0 Å². The van der Waals surface area contributed by atoms with E-state index in [4.69, 9.17) is 0 Å². The fourth-order valence-electron chi connectivity index (χ4n) is 3.86. The van der Waals surface area contributed by atoms with Crippen molar-refractivity contribution >= 4 is 35.8 Å². The standard InChI is InChI=1S/C21H14N.C5H5.C3H6.Zr/c1-2-9-16(10-3-1)22-20-13-7-6-12-18(20)19-14-15-8-4-5-11-17(15)21(19)22;1-2-4-5-3-1;1-3-2;/h1-14H;1-3H,4H2;1-2H3;/q2*-1;;+2. The molecule has 0 amide bonds. The van der Waals surface area contributed by atoms with E-state index in [0.29, 0.717) is 0 Å². The van der Waals surface area contributed by atoms with E-state index >= 15 is 0 Å². The van der Waals surface area contributed by atoms with Crippen LogP contribution in [0.2, 0.25) is 0 Å². The van der Waals surface area contributed by atoms with Gasteiger partial charge < -0.3 is 4.57 Å². The predicted molar refractivity (Wildman–Crippen MR) is 132 cm³/mol. The van der Waals surface area contributed by atoms with Crippen molar-refractivity contribution in [2.24, 2.45) is 0 Å². The zero-order valence-corrected chi connectivity index (χ0v) is 20.4. The molecule has 1 aliphatic rings. The summed E-state index contributed by atoms with van der Waals surface area (Å²) in [6.45, 7) is 4.25. The van der Waals surface area contributed by atoms with Gasteiger partial charge in [-0.25, -0.2) is 12.2 Å². The molecule has 6 rings (SSSR count). The van der Waals surface area contributed by atoms with Gasteiger partial charge in [0.05, 0.1) is 0 Å². The zero-order chi connectivity index (χ0) is 21.6. The first-order chi connectivity index (χ1) is 15.2. The minimum atomic E-state index is 1.01. The van der Waals surface area contributed by atoms with Gasteiger partial charge in [-0.2, -0.15) is 6.08 Å². The quantitative estimate of drug-likeness (QED) is 0.217. The van der Waals surface area contributed by atoms with Gasteiger partial charge in [-0.1, -0.05) is 70.8 Å². The van der Waals surface area contributed by atoms with Crippen LogP contribution in [-0.4, -0.2) is 7.77 Å². The Kier molecular flexibility index (Phi) is 7.00. The number of hydrogen-bond acceptors (Lipinski definition) is 0. The Balaban J connectivity index is 0.000000217. The molecular weight excluding hydrogens is 454 g/mol. The van der Waals surface area contributed by atoms with Crippen LogP contribution in [0.4, 0.5) is 0 Å². The first kappa shape index (κ1) is 21.5. The molecule has 0 spiro atoms. The number of nitrogens with zero attached hydrogens (tertiary/aromatic N) is 1. The molecule has 0 bridgehead atoms. The first-order valence-corrected chi connectivity index (χ1v) is 11.8. The third-order valence-electron chi connectivity index (χ3n) is 5.03. The molecule has 0 radical (unpaired) electrons. The van der Waals surface area contributed by atoms with Crippen LogP contribution in [0.5, 0.6) is 0 Å². The molecule has 0 fully saturated rings. The Bertz CT molecular complexity index is 1360. The van der Waals surface area contributed by atoms with Crippen LogP contribution in [0.1, 0.15) is 20.3 Å². The van der Waals surface area contributed by atoms with Crippen molar-refractivity contribution < 1.29 is 24.2 Å². The molecule has 0 atom stereocenters. The van der Waals surface area contributed by atoms with E-state index in [-0.39, 0.29) is 0 Å². The largest absolute Gasteiger partial charge is 0.355 e. The molecule has 1 heterocycles. The molecule has 0 aliphatic heterocycles. The van der Waals surface area contributed by atoms with Crippen LogP contribution in [0.25, 0.3) is 38.3 Å². The van der Waals surface area contributed by atoms with Crippen molar-refractivity contribution in [2.45, 2.75) is 20.3 Å². The smallest absolute Gasteiger partial charge is 0.0378 e. The summed E-state index contributed by atoms with van der Waals surface area (Å²) >= 11 is 1.55. The van der Waals surface area contributed by atoms with Crippen LogP contribution >= 0.6 is 0 Å². The average Bonchev–Trinajstić information content (AvgIpc) is 3.52. The van der Waals surface area contributed by atoms with Gasteiger partial charge in [0, 0.05) is 11.2 Å². The molecule has 150 valence electrons. The Hall–Kier alpha value is -2.70. The summed E-state index contributed by atoms with van der Waals surface area (Å²) in [5, 5.41) is 5.28. The van der Waals surface area contributed by atoms with E-state index in [9.17, 15) is 0 Å². The maximum Gasteiger partial charge on any atom is 0.0378 e. The van der Waals surface area contributed by atoms with Crippen molar-refractivity contribution in [3.8, 4) is 5.69 Å². The molecule has 0 unspecified atom stereocenters. The van der Waals surface area contributed by atoms with Gasteiger partial charge in [0.1, 0.15) is 0 Å². The van der Waals surface area contributed by atoms with E-state index in [1.807, 2.05) is 12.2 Å². The minimum absolute atomic E-state index is 1.01. The molecule has 31 heavy (non-hydrogen) atoms. The van der Waals surface area contributed by atoms with Crippen molar-refractivity contribution in [1.82, 2.24) is 4.57 Å². The summed E-state index contributed by atoms with van der Waals surface area (Å²) in [6.07, 6.45) is 10.0. The van der Waals surface area contributed by atoms with E-state index in [0.717, 1.165) is 6.42 Å². The Labute approximate surface area is 199 Å². The van der Waals surface area contributed by atoms with Crippen LogP contribution in [-0.2, 0) is 24.2 Å². The van der Waals surface area contributed by atoms with Crippen molar-refractivity contribution in [3.05, 3.63) is 109 Å². The second kappa shape index (κ2) is 10.1. The zero-order valence-electron chi connectivity index (χ0n) is 18.0. The Morgan fingerprint density at radius 3 is 2.16 bits per heavy atom. The summed E-state index contributed by atoms with van der Waals surface area (Å²) in [4.78, 5) is 0. The van der Waals surface area contributed by atoms with E-state index in [1.54, 1.807) is 24.2 Å². The van der Waals surface area contributed by atoms with Crippen molar-refractivity contribution in [3.63, 3.8) is 0 Å². The van der Waals surface area contributed by atoms with Crippen LogP contribution in [0.3, 0.4) is 0 Å². The van der Waals surface area contributed by atoms with Gasteiger partial charge in [0.25, 0.3) is 0 Å². The number of allylic oxidation sites excluding steroid dienone is 4. The second-order valence-electron chi connectivity index (χ2n) is 7.69. The summed E-state index contributed by atoms with van der Waals surface area (Å²) in [7, 11) is 0. The number of benzene rings is 3. The van der Waals surface area contributed by atoms with Crippen molar-refractivity contribution in [2.75, 3.05) is 0 Å². The summed E-state index contributed by atoms with van der Waals surface area (Å²) < 4.78 is 3.89. The van der Waals surface area contributed by atoms with Gasteiger partial charge in [-0.05, 0) is 23.7 Å². The number of para-hydroxylation sites is 2. The second-order valence-corrected chi connectivity index (χ2v) is 10.1. The van der Waals surface area contributed by atoms with Gasteiger partial charge in [0.15, 0.2) is 0 Å². The molecule has 0 saturated heterocycles. The van der Waals surface area contributed by atoms with Gasteiger partial charge in [-0.15, -0.1) is 23.9 Å². The average molecular weight is 479 g/mol. The molecule has 2 heteroatoms. The Morgan fingerprint density at radius 2 is 1.52 bits per heavy atom. The maximum absolute atomic E-state index is 2.99. The third-order valence-corrected chi connectivity index (χ3v) is 5.03. The SMILES string of the molecule is C[C](C)=[Zr+2].[C-]1=CC=CC1.c1ccc(-n2c3ccccc3c3[cH-]c4ccccc4c32)cc1. The van der Waals surface area contributed by atoms with E-state index < -0.39 is 0 Å². The van der Waals surface area contributed by atoms with E-state index in [2.05, 4.69) is 115 Å². The number of fused-ring (bicyclic) bond motifs is 5. The normalized spacial score (nSPS) is 12.0. The molecular formula is C29H25NZr. The van der Waals surface area contributed by atoms with Gasteiger partial charge in [-0.3, -0.25) is 6.08 Å². The third kappa shape index (κ3) is 4.81. The summed E-state index contributed by atoms with van der Waals surface area (Å²) in [5.74, 6) is 0. The molecule has 0 N–H and O–H groups in total. The number of rotatable bonds is 1. The Morgan fingerprint density at radius 1 is 0.871 bits per heavy atom. The summed E-state index contributed by atoms with van der Waals surface area (Å²) in [6, 6.07) is 30.2. The van der Waals surface area contributed by atoms with Crippen LogP contribution in [0, 0.1) is 6.08 Å². The predicted octanol–water partition coefficient (Wildman–Crippen LogP) is 7.71. The first-order valence-electron chi connectivity index (χ1n) is 10.5.